The summed E-state index contributed by atoms with van der Waals surface area (Å²) in [7, 11) is -3.25. The largest absolute Gasteiger partial charge is 0.695 e. The van der Waals surface area contributed by atoms with E-state index in [-0.39, 0.29) is 44.1 Å². The van der Waals surface area contributed by atoms with Crippen molar-refractivity contribution in [3.05, 3.63) is 52.8 Å². The van der Waals surface area contributed by atoms with Crippen molar-refractivity contribution in [2.24, 2.45) is 0 Å². The second-order valence-electron chi connectivity index (χ2n) is 8.73. The molecule has 1 aliphatic heterocycles. The molecule has 4 aromatic rings. The highest BCUT2D eigenvalue weighted by Gasteiger charge is 2.52. The number of aliphatic hydroxyl groups is 1. The van der Waals surface area contributed by atoms with Crippen molar-refractivity contribution in [3.63, 3.8) is 0 Å². The summed E-state index contributed by atoms with van der Waals surface area (Å²) in [5, 5.41) is 9.71. The molecule has 0 bridgehead atoms. The predicted molar refractivity (Wildman–Crippen MR) is 147 cm³/mol. The third kappa shape index (κ3) is 6.81. The van der Waals surface area contributed by atoms with E-state index in [1.807, 2.05) is 0 Å². The van der Waals surface area contributed by atoms with Crippen LogP contribution >= 0.6 is 15.0 Å². The van der Waals surface area contributed by atoms with E-state index >= 15 is 4.39 Å². The Hall–Kier alpha value is -3.21. The summed E-state index contributed by atoms with van der Waals surface area (Å²) in [4.78, 5) is 47.4. The summed E-state index contributed by atoms with van der Waals surface area (Å²) in [6.07, 6.45) is -1.27. The summed E-state index contributed by atoms with van der Waals surface area (Å²) < 4.78 is 57.8. The molecule has 3 N–H and O–H groups in total. The molecule has 1 fully saturated rings. The Balaban J connectivity index is 1.31. The molecular weight excluding hydrogens is 635 g/mol. The molecule has 1 aliphatic rings. The van der Waals surface area contributed by atoms with Crippen LogP contribution in [0.1, 0.15) is 12.1 Å². The average molecular weight is 658 g/mol. The van der Waals surface area contributed by atoms with Crippen LogP contribution in [0.3, 0.4) is 0 Å². The first-order valence-corrected chi connectivity index (χ1v) is 16.1. The Morgan fingerprint density at radius 3 is 2.84 bits per heavy atom. The van der Waals surface area contributed by atoms with Crippen molar-refractivity contribution >= 4 is 49.1 Å². The second kappa shape index (κ2) is 13.6. The van der Waals surface area contributed by atoms with Gasteiger partial charge in [0.15, 0.2) is 35.3 Å². The van der Waals surface area contributed by atoms with Crippen molar-refractivity contribution in [1.29, 1.82) is 0 Å². The Labute approximate surface area is 246 Å². The third-order valence-corrected chi connectivity index (χ3v) is 9.00. The molecule has 22 heteroatoms. The molecule has 0 radical (unpaired) electrons. The van der Waals surface area contributed by atoms with E-state index in [1.54, 1.807) is 4.57 Å². The van der Waals surface area contributed by atoms with Gasteiger partial charge in [-0.05, 0) is 11.8 Å². The molecule has 5 rings (SSSR count). The van der Waals surface area contributed by atoms with Gasteiger partial charge in [-0.3, -0.25) is 9.36 Å². The molecule has 228 valence electrons. The fraction of sp³-hybridized carbons (Fsp3) is 0.476. The maximum absolute atomic E-state index is 15.6. The number of ether oxygens (including phenoxy) is 1. The van der Waals surface area contributed by atoms with Crippen LogP contribution in [0, 0.1) is 6.57 Å². The molecule has 4 aromatic heterocycles. The molecule has 0 saturated carbocycles. The number of aromatic nitrogens is 8. The molecule has 43 heavy (non-hydrogen) atoms. The van der Waals surface area contributed by atoms with Crippen LogP contribution in [-0.4, -0.2) is 93.8 Å². The monoisotopic (exact) mass is 658 g/mol. The molecular formula is C21H23FN9O9P2S+. The smallest absolute Gasteiger partial charge is 0.388 e. The lowest BCUT2D eigenvalue weighted by atomic mass is 10.1. The lowest BCUT2D eigenvalue weighted by Crippen LogP contribution is -2.31. The van der Waals surface area contributed by atoms with Gasteiger partial charge in [0.2, 0.25) is 6.54 Å². The minimum Gasteiger partial charge on any atom is -0.388 e. The van der Waals surface area contributed by atoms with Crippen LogP contribution in [0.2, 0.25) is 0 Å². The zero-order valence-electron chi connectivity index (χ0n) is 21.9. The molecule has 5 heterocycles. The summed E-state index contributed by atoms with van der Waals surface area (Å²) in [5.74, 6) is 0.310. The number of fused-ring (bicyclic) bond motifs is 2. The number of nitrogens with one attached hydrogen (secondary N) is 1. The molecule has 1 saturated heterocycles. The van der Waals surface area contributed by atoms with Crippen molar-refractivity contribution in [1.82, 2.24) is 39.0 Å². The van der Waals surface area contributed by atoms with Crippen LogP contribution in [0.5, 0.6) is 0 Å². The summed E-state index contributed by atoms with van der Waals surface area (Å²) in [6, 6.07) is 0. The third-order valence-electron chi connectivity index (χ3n) is 6.16. The number of aliphatic hydroxyl groups excluding tert-OH is 1. The van der Waals surface area contributed by atoms with E-state index < -0.39 is 51.7 Å². The minimum atomic E-state index is -3.61. The number of imidazole rings is 2. The van der Waals surface area contributed by atoms with Crippen molar-refractivity contribution < 1.29 is 41.8 Å². The lowest BCUT2D eigenvalue weighted by molar-refractivity contribution is -0.0450. The highest BCUT2D eigenvalue weighted by atomic mass is 32.5. The normalized spacial score (nSPS) is 22.1. The van der Waals surface area contributed by atoms with E-state index in [9.17, 15) is 19.4 Å². The lowest BCUT2D eigenvalue weighted by Gasteiger charge is -2.23. The molecule has 0 aliphatic carbocycles. The molecule has 18 nitrogen and oxygen atoms in total. The van der Waals surface area contributed by atoms with E-state index in [0.717, 1.165) is 6.33 Å². The van der Waals surface area contributed by atoms with Crippen LogP contribution < -0.4 is 5.56 Å². The van der Waals surface area contributed by atoms with Gasteiger partial charge in [-0.1, -0.05) is 0 Å². The molecule has 2 unspecified atom stereocenters. The van der Waals surface area contributed by atoms with Gasteiger partial charge in [0.05, 0.1) is 32.1 Å². The van der Waals surface area contributed by atoms with Gasteiger partial charge in [-0.25, -0.2) is 35.9 Å². The number of hydrogen-bond acceptors (Lipinski definition) is 14. The van der Waals surface area contributed by atoms with Crippen molar-refractivity contribution in [2.75, 3.05) is 26.4 Å². The van der Waals surface area contributed by atoms with Crippen LogP contribution in [0.25, 0.3) is 27.2 Å². The standard InChI is InChI=1S/C21H22FN9O9P2S/c1-23-2-4-36-42(43,37-5-3-30-14(7-32)29-12-6-24-9-25-18(12)30)38-8-13-15(22)17(40-41(34)35)21(39-13)31-11-28-16-19(31)26-10-27-20(16)33/h6,9-11,13,15,17,21,32H,2-5,7-8H2,(H-,26,27,33,34,35)/p+1/t13-,15-,17-,21-,42?/m1/s1. The maximum Gasteiger partial charge on any atom is 0.695 e. The molecule has 0 aromatic carbocycles. The zero-order valence-corrected chi connectivity index (χ0v) is 24.5. The second-order valence-corrected chi connectivity index (χ2v) is 12.4. The van der Waals surface area contributed by atoms with Crippen LogP contribution in [0.15, 0.2) is 30.0 Å². The van der Waals surface area contributed by atoms with E-state index in [2.05, 4.69) is 34.7 Å². The Morgan fingerprint density at radius 1 is 1.26 bits per heavy atom. The van der Waals surface area contributed by atoms with E-state index in [1.165, 1.54) is 23.4 Å². The fourth-order valence-corrected chi connectivity index (χ4v) is 6.54. The number of hydrogen-bond donors (Lipinski definition) is 3. The van der Waals surface area contributed by atoms with Gasteiger partial charge < -0.3 is 37.8 Å². The predicted octanol–water partition coefficient (Wildman–Crippen LogP) is 0.916. The Bertz CT molecular complexity index is 1770. The van der Waals surface area contributed by atoms with Gasteiger partial charge in [0.25, 0.3) is 5.56 Å². The SMILES string of the molecule is [C-]#[N+]CCOP(=S)(OCCn1c(CO)nc2cncnc21)OC[C@H]1O[C@@H](n2cnc3c(=O)[nH]cnc32)[C@H](O[P+](=O)O)[C@@H]1F. The number of H-pyrrole nitrogens is 1. The summed E-state index contributed by atoms with van der Waals surface area (Å²) in [5.41, 5.74) is 0.324. The Kier molecular flexibility index (Phi) is 9.88. The molecule has 6 atom stereocenters. The maximum atomic E-state index is 15.6. The molecule has 0 spiro atoms. The van der Waals surface area contributed by atoms with Gasteiger partial charge in [-0.15, -0.1) is 9.42 Å². The first-order chi connectivity index (χ1) is 20.7. The van der Waals surface area contributed by atoms with Gasteiger partial charge in [0.1, 0.15) is 37.0 Å². The van der Waals surface area contributed by atoms with Crippen LogP contribution in [-0.2, 0) is 52.4 Å². The highest BCUT2D eigenvalue weighted by molar-refractivity contribution is 8.07. The number of aromatic amines is 1. The minimum absolute atomic E-state index is 0.0276. The van der Waals surface area contributed by atoms with Crippen molar-refractivity contribution in [3.8, 4) is 0 Å². The van der Waals surface area contributed by atoms with E-state index in [0.29, 0.717) is 17.0 Å². The first kappa shape index (κ1) is 31.2. The summed E-state index contributed by atoms with van der Waals surface area (Å²) in [6.45, 7) is 2.34. The van der Waals surface area contributed by atoms with Crippen molar-refractivity contribution in [2.45, 2.75) is 37.8 Å². The number of halogens is 1. The topological polar surface area (TPSA) is 215 Å². The van der Waals surface area contributed by atoms with Gasteiger partial charge in [0, 0.05) is 11.1 Å². The first-order valence-electron chi connectivity index (χ1n) is 12.4. The number of nitrogens with zero attached hydrogens (tertiary/aromatic N) is 8. The fourth-order valence-electron chi connectivity index (χ4n) is 4.32. The zero-order chi connectivity index (χ0) is 30.6. The number of rotatable bonds is 14. The Morgan fingerprint density at radius 2 is 2.07 bits per heavy atom. The van der Waals surface area contributed by atoms with Gasteiger partial charge in [-0.2, -0.15) is 0 Å². The van der Waals surface area contributed by atoms with E-state index in [4.69, 9.17) is 41.2 Å². The molecule has 0 amide bonds. The van der Waals surface area contributed by atoms with Crippen LogP contribution in [0.4, 0.5) is 4.39 Å². The summed E-state index contributed by atoms with van der Waals surface area (Å²) >= 11 is 5.51. The van der Waals surface area contributed by atoms with Gasteiger partial charge >= 0.3 is 15.0 Å². The quantitative estimate of drug-likeness (QED) is 0.0975. The average Bonchev–Trinajstić information content (AvgIpc) is 3.66. The highest BCUT2D eigenvalue weighted by Crippen LogP contribution is 2.51. The number of alkyl halides is 1.